The maximum atomic E-state index is 5.97. The van der Waals surface area contributed by atoms with Crippen LogP contribution in [-0.4, -0.2) is 58.1 Å². The highest BCUT2D eigenvalue weighted by Gasteiger charge is 2.28. The molecule has 0 aliphatic rings. The van der Waals surface area contributed by atoms with Crippen molar-refractivity contribution in [3.8, 4) is 5.88 Å². The minimum absolute atomic E-state index is 0.0122. The number of pyridine rings is 1. The average molecular weight is 435 g/mol. The van der Waals surface area contributed by atoms with Gasteiger partial charge in [-0.3, -0.25) is 0 Å². The largest absolute Gasteiger partial charge is 0.480 e. The van der Waals surface area contributed by atoms with Gasteiger partial charge in [-0.2, -0.15) is 15.0 Å². The molecule has 27 heavy (non-hydrogen) atoms. The van der Waals surface area contributed by atoms with E-state index in [0.717, 1.165) is 19.6 Å². The van der Waals surface area contributed by atoms with Gasteiger partial charge in [-0.25, -0.2) is 4.98 Å². The van der Waals surface area contributed by atoms with E-state index in [0.29, 0.717) is 24.1 Å². The molecule has 0 unspecified atom stereocenters. The number of hydrogen-bond acceptors (Lipinski definition) is 8. The van der Waals surface area contributed by atoms with E-state index < -0.39 is 3.79 Å². The molecule has 2 aromatic rings. The number of methoxy groups -OCH3 is 1. The van der Waals surface area contributed by atoms with Crippen molar-refractivity contribution >= 4 is 52.4 Å². The Balaban J connectivity index is 2.23. The summed E-state index contributed by atoms with van der Waals surface area (Å²) < 4.78 is 3.43. The Morgan fingerprint density at radius 2 is 1.81 bits per heavy atom. The molecule has 11 heteroatoms. The van der Waals surface area contributed by atoms with Crippen LogP contribution in [0.15, 0.2) is 18.3 Å². The molecule has 2 aromatic heterocycles. The highest BCUT2D eigenvalue weighted by molar-refractivity contribution is 6.66. The lowest BCUT2D eigenvalue weighted by molar-refractivity contribution is 0.316. The second-order valence-corrected chi connectivity index (χ2v) is 7.72. The number of aromatic nitrogens is 4. The fourth-order valence-corrected chi connectivity index (χ4v) is 2.53. The molecule has 0 amide bonds. The molecule has 0 saturated heterocycles. The number of anilines is 3. The number of ether oxygens (including phenoxy) is 1. The number of likely N-dealkylation sites (N-methyl/N-ethyl adjacent to an activating group) is 1. The van der Waals surface area contributed by atoms with Crippen LogP contribution < -0.4 is 15.4 Å². The summed E-state index contributed by atoms with van der Waals surface area (Å²) in [7, 11) is 1.52. The minimum Gasteiger partial charge on any atom is -0.480 e. The molecule has 0 bridgehead atoms. The standard InChI is InChI=1S/C16H22Cl3N7O/c1-4-26(5-2)10-9-21-14-23-13(16(17,18)19)24-15(25-14)22-11-7-6-8-20-12(11)27-3/h6-8H,4-5,9-10H2,1-3H3,(H2,21,22,23,24,25). The van der Waals surface area contributed by atoms with Gasteiger partial charge in [0.2, 0.25) is 21.6 Å². The molecule has 0 saturated carbocycles. The van der Waals surface area contributed by atoms with Crippen LogP contribution in [0.3, 0.4) is 0 Å². The van der Waals surface area contributed by atoms with E-state index in [2.05, 4.69) is 49.3 Å². The van der Waals surface area contributed by atoms with Crippen LogP contribution in [0.1, 0.15) is 19.7 Å². The van der Waals surface area contributed by atoms with Crippen LogP contribution in [0.2, 0.25) is 0 Å². The van der Waals surface area contributed by atoms with Crippen molar-refractivity contribution in [2.24, 2.45) is 0 Å². The van der Waals surface area contributed by atoms with Gasteiger partial charge < -0.3 is 20.3 Å². The number of halogens is 3. The normalized spacial score (nSPS) is 11.5. The van der Waals surface area contributed by atoms with E-state index in [4.69, 9.17) is 39.5 Å². The summed E-state index contributed by atoms with van der Waals surface area (Å²) in [6.45, 7) is 7.61. The van der Waals surface area contributed by atoms with E-state index in [1.54, 1.807) is 18.3 Å². The first-order valence-corrected chi connectivity index (χ1v) is 9.56. The van der Waals surface area contributed by atoms with Crippen molar-refractivity contribution in [2.75, 3.05) is 43.9 Å². The molecular formula is C16H22Cl3N7O. The summed E-state index contributed by atoms with van der Waals surface area (Å²) >= 11 is 17.9. The predicted molar refractivity (Wildman–Crippen MR) is 109 cm³/mol. The Labute approximate surface area is 173 Å². The lowest BCUT2D eigenvalue weighted by atomic mass is 10.4. The molecule has 148 valence electrons. The predicted octanol–water partition coefficient (Wildman–Crippen LogP) is 3.60. The molecule has 2 rings (SSSR count). The molecule has 2 heterocycles. The van der Waals surface area contributed by atoms with Gasteiger partial charge in [0.15, 0.2) is 5.82 Å². The number of hydrogen-bond donors (Lipinski definition) is 2. The number of nitrogens with one attached hydrogen (secondary N) is 2. The molecule has 0 radical (unpaired) electrons. The third-order valence-corrected chi connectivity index (χ3v) is 4.21. The Morgan fingerprint density at radius 1 is 1.11 bits per heavy atom. The zero-order valence-corrected chi connectivity index (χ0v) is 17.6. The summed E-state index contributed by atoms with van der Waals surface area (Å²) in [5.74, 6) is 0.925. The lowest BCUT2D eigenvalue weighted by Crippen LogP contribution is -2.29. The Morgan fingerprint density at radius 3 is 2.44 bits per heavy atom. The Kier molecular flexibility index (Phi) is 8.09. The van der Waals surface area contributed by atoms with Crippen molar-refractivity contribution in [2.45, 2.75) is 17.6 Å². The van der Waals surface area contributed by atoms with Crippen LogP contribution in [0.5, 0.6) is 5.88 Å². The maximum Gasteiger partial charge on any atom is 0.250 e. The fraction of sp³-hybridized carbons (Fsp3) is 0.500. The second kappa shape index (κ2) is 10.1. The minimum atomic E-state index is -1.78. The maximum absolute atomic E-state index is 5.97. The third kappa shape index (κ3) is 6.49. The van der Waals surface area contributed by atoms with E-state index in [9.17, 15) is 0 Å². The highest BCUT2D eigenvalue weighted by atomic mass is 35.6. The SMILES string of the molecule is CCN(CC)CCNc1nc(Nc2cccnc2OC)nc(C(Cl)(Cl)Cl)n1. The Bertz CT molecular complexity index is 738. The third-order valence-electron chi connectivity index (χ3n) is 3.71. The molecule has 8 nitrogen and oxygen atoms in total. The molecule has 0 aromatic carbocycles. The van der Waals surface area contributed by atoms with E-state index >= 15 is 0 Å². The Hall–Kier alpha value is -1.61. The van der Waals surface area contributed by atoms with Crippen LogP contribution in [0.25, 0.3) is 0 Å². The average Bonchev–Trinajstić information content (AvgIpc) is 2.65. The molecule has 0 aliphatic heterocycles. The van der Waals surface area contributed by atoms with E-state index in [1.807, 2.05) is 0 Å². The van der Waals surface area contributed by atoms with Gasteiger partial charge in [-0.05, 0) is 25.2 Å². The summed E-state index contributed by atoms with van der Waals surface area (Å²) in [6, 6.07) is 3.53. The summed E-state index contributed by atoms with van der Waals surface area (Å²) in [5.41, 5.74) is 0.579. The second-order valence-electron chi connectivity index (χ2n) is 5.44. The summed E-state index contributed by atoms with van der Waals surface area (Å²) in [5, 5.41) is 6.17. The zero-order chi connectivity index (χ0) is 19.9. The van der Waals surface area contributed by atoms with Gasteiger partial charge >= 0.3 is 0 Å². The van der Waals surface area contributed by atoms with Gasteiger partial charge in [-0.15, -0.1) is 0 Å². The van der Waals surface area contributed by atoms with Crippen molar-refractivity contribution in [3.05, 3.63) is 24.2 Å². The quantitative estimate of drug-likeness (QED) is 0.579. The van der Waals surface area contributed by atoms with Crippen LogP contribution in [0, 0.1) is 0 Å². The topological polar surface area (TPSA) is 88.1 Å². The summed E-state index contributed by atoms with van der Waals surface area (Å²) in [6.07, 6.45) is 1.62. The van der Waals surface area contributed by atoms with Crippen LogP contribution in [0.4, 0.5) is 17.6 Å². The molecule has 2 N–H and O–H groups in total. The van der Waals surface area contributed by atoms with Gasteiger partial charge in [0.25, 0.3) is 0 Å². The first-order chi connectivity index (χ1) is 12.9. The number of alkyl halides is 3. The number of rotatable bonds is 9. The molecular weight excluding hydrogens is 413 g/mol. The molecule has 0 fully saturated rings. The van der Waals surface area contributed by atoms with Crippen molar-refractivity contribution < 1.29 is 4.74 Å². The van der Waals surface area contributed by atoms with Crippen molar-refractivity contribution in [1.82, 2.24) is 24.8 Å². The molecule has 0 atom stereocenters. The van der Waals surface area contributed by atoms with Gasteiger partial charge in [-0.1, -0.05) is 48.7 Å². The van der Waals surface area contributed by atoms with Gasteiger partial charge in [0, 0.05) is 19.3 Å². The fourth-order valence-electron chi connectivity index (χ4n) is 2.27. The van der Waals surface area contributed by atoms with Crippen LogP contribution in [-0.2, 0) is 3.79 Å². The van der Waals surface area contributed by atoms with Gasteiger partial charge in [0.1, 0.15) is 5.69 Å². The van der Waals surface area contributed by atoms with Crippen molar-refractivity contribution in [3.63, 3.8) is 0 Å². The molecule has 0 aliphatic carbocycles. The first kappa shape index (κ1) is 21.7. The zero-order valence-electron chi connectivity index (χ0n) is 15.3. The van der Waals surface area contributed by atoms with Crippen molar-refractivity contribution in [1.29, 1.82) is 0 Å². The monoisotopic (exact) mass is 433 g/mol. The van der Waals surface area contributed by atoms with E-state index in [1.165, 1.54) is 7.11 Å². The van der Waals surface area contributed by atoms with Crippen LogP contribution >= 0.6 is 34.8 Å². The number of nitrogens with zero attached hydrogens (tertiary/aromatic N) is 5. The first-order valence-electron chi connectivity index (χ1n) is 8.42. The highest BCUT2D eigenvalue weighted by Crippen LogP contribution is 2.36. The molecule has 0 spiro atoms. The lowest BCUT2D eigenvalue weighted by Gasteiger charge is -2.18. The smallest absolute Gasteiger partial charge is 0.250 e. The summed E-state index contributed by atoms with van der Waals surface area (Å²) in [4.78, 5) is 19.1. The van der Waals surface area contributed by atoms with Gasteiger partial charge in [0.05, 0.1) is 7.11 Å². The van der Waals surface area contributed by atoms with E-state index in [-0.39, 0.29) is 11.8 Å².